The van der Waals surface area contributed by atoms with E-state index in [1.165, 1.54) is 5.56 Å². The molecule has 114 valence electrons. The summed E-state index contributed by atoms with van der Waals surface area (Å²) in [6, 6.07) is 16.3. The lowest BCUT2D eigenvalue weighted by atomic mass is 10.1. The molecule has 2 aromatic carbocycles. The molecule has 0 aliphatic rings. The van der Waals surface area contributed by atoms with Crippen molar-refractivity contribution in [3.63, 3.8) is 0 Å². The van der Waals surface area contributed by atoms with Gasteiger partial charge in [0.2, 0.25) is 0 Å². The van der Waals surface area contributed by atoms with Crippen LogP contribution >= 0.6 is 0 Å². The van der Waals surface area contributed by atoms with E-state index in [-0.39, 0.29) is 0 Å². The minimum atomic E-state index is 0.582. The van der Waals surface area contributed by atoms with Crippen molar-refractivity contribution in [1.82, 2.24) is 4.90 Å². The molecule has 0 aromatic heterocycles. The standard InChI is InChI=1S/C19H21NO2/c1-4-22-19-14-17(10-11-18(19)21-3)15-20(2)13-12-16-8-6-5-7-9-16/h1,5-11,14H,12-13,15H2,2-3H3. The average molecular weight is 295 g/mol. The fourth-order valence-corrected chi connectivity index (χ4v) is 2.32. The fraction of sp³-hybridized carbons (Fsp3) is 0.263. The third-order valence-corrected chi connectivity index (χ3v) is 3.47. The van der Waals surface area contributed by atoms with Gasteiger partial charge in [0.05, 0.1) is 7.11 Å². The number of methoxy groups -OCH3 is 1. The highest BCUT2D eigenvalue weighted by Crippen LogP contribution is 2.28. The Morgan fingerprint density at radius 1 is 1.05 bits per heavy atom. The summed E-state index contributed by atoms with van der Waals surface area (Å²) in [7, 11) is 3.71. The van der Waals surface area contributed by atoms with Gasteiger partial charge in [-0.25, -0.2) is 0 Å². The van der Waals surface area contributed by atoms with Crippen LogP contribution in [0.2, 0.25) is 0 Å². The van der Waals surface area contributed by atoms with E-state index in [1.54, 1.807) is 7.11 Å². The highest BCUT2D eigenvalue weighted by Gasteiger charge is 2.07. The normalized spacial score (nSPS) is 10.3. The van der Waals surface area contributed by atoms with Gasteiger partial charge in [0, 0.05) is 13.1 Å². The largest absolute Gasteiger partial charge is 0.493 e. The monoisotopic (exact) mass is 295 g/mol. The molecule has 0 fully saturated rings. The SMILES string of the molecule is C#COc1cc(CN(C)CCc2ccccc2)ccc1OC. The highest BCUT2D eigenvalue weighted by atomic mass is 16.5. The maximum atomic E-state index is 5.23. The van der Waals surface area contributed by atoms with Gasteiger partial charge in [-0.3, -0.25) is 0 Å². The Balaban J connectivity index is 1.95. The van der Waals surface area contributed by atoms with Crippen LogP contribution in [-0.4, -0.2) is 25.6 Å². The van der Waals surface area contributed by atoms with Crippen molar-refractivity contribution in [3.8, 4) is 24.0 Å². The topological polar surface area (TPSA) is 21.7 Å². The van der Waals surface area contributed by atoms with E-state index in [2.05, 4.69) is 42.3 Å². The smallest absolute Gasteiger partial charge is 0.182 e. The Kier molecular flexibility index (Phi) is 5.88. The molecular weight excluding hydrogens is 274 g/mol. The van der Waals surface area contributed by atoms with Gasteiger partial charge in [-0.2, -0.15) is 0 Å². The summed E-state index contributed by atoms with van der Waals surface area (Å²) in [4.78, 5) is 2.27. The van der Waals surface area contributed by atoms with Crippen LogP contribution in [0, 0.1) is 12.5 Å². The van der Waals surface area contributed by atoms with Gasteiger partial charge in [-0.05, 0) is 36.7 Å². The number of nitrogens with zero attached hydrogens (tertiary/aromatic N) is 1. The van der Waals surface area contributed by atoms with Gasteiger partial charge in [0.25, 0.3) is 0 Å². The second kappa shape index (κ2) is 8.11. The summed E-state index contributed by atoms with van der Waals surface area (Å²) in [6.45, 7) is 1.82. The molecule has 0 atom stereocenters. The lowest BCUT2D eigenvalue weighted by Crippen LogP contribution is -2.20. The molecule has 0 spiro atoms. The summed E-state index contributed by atoms with van der Waals surface area (Å²) < 4.78 is 10.4. The minimum absolute atomic E-state index is 0.582. The quantitative estimate of drug-likeness (QED) is 0.731. The molecular formula is C19H21NO2. The van der Waals surface area contributed by atoms with Crippen molar-refractivity contribution < 1.29 is 9.47 Å². The van der Waals surface area contributed by atoms with Crippen LogP contribution in [-0.2, 0) is 13.0 Å². The molecule has 2 rings (SSSR count). The first-order valence-corrected chi connectivity index (χ1v) is 7.24. The number of ether oxygens (including phenoxy) is 2. The molecule has 0 saturated heterocycles. The molecule has 3 heteroatoms. The molecule has 0 N–H and O–H groups in total. The van der Waals surface area contributed by atoms with E-state index >= 15 is 0 Å². The van der Waals surface area contributed by atoms with Gasteiger partial charge >= 0.3 is 0 Å². The summed E-state index contributed by atoms with van der Waals surface area (Å²) in [6.07, 6.45) is 8.43. The fourth-order valence-electron chi connectivity index (χ4n) is 2.32. The second-order valence-electron chi connectivity index (χ2n) is 5.18. The van der Waals surface area contributed by atoms with Crippen LogP contribution in [0.1, 0.15) is 11.1 Å². The Labute approximate surface area is 132 Å². The number of terminal acetylenes is 1. The molecule has 3 nitrogen and oxygen atoms in total. The lowest BCUT2D eigenvalue weighted by Gasteiger charge is -2.17. The first-order chi connectivity index (χ1) is 10.7. The average Bonchev–Trinajstić information content (AvgIpc) is 2.55. The minimum Gasteiger partial charge on any atom is -0.493 e. The number of hydrogen-bond acceptors (Lipinski definition) is 3. The van der Waals surface area contributed by atoms with E-state index in [0.717, 1.165) is 25.1 Å². The van der Waals surface area contributed by atoms with Crippen LogP contribution in [0.3, 0.4) is 0 Å². The predicted octanol–water partition coefficient (Wildman–Crippen LogP) is 3.34. The van der Waals surface area contributed by atoms with Gasteiger partial charge in [-0.15, -0.1) is 0 Å². The maximum absolute atomic E-state index is 5.23. The van der Waals surface area contributed by atoms with Crippen LogP contribution in [0.5, 0.6) is 11.5 Å². The molecule has 0 saturated carbocycles. The molecule has 22 heavy (non-hydrogen) atoms. The van der Waals surface area contributed by atoms with Crippen molar-refractivity contribution in [2.45, 2.75) is 13.0 Å². The zero-order valence-corrected chi connectivity index (χ0v) is 13.1. The molecule has 0 aliphatic carbocycles. The molecule has 0 aliphatic heterocycles. The third kappa shape index (κ3) is 4.54. The number of benzene rings is 2. The van der Waals surface area contributed by atoms with Crippen LogP contribution < -0.4 is 9.47 Å². The van der Waals surface area contributed by atoms with Gasteiger partial charge in [-0.1, -0.05) is 42.8 Å². The number of likely N-dealkylation sites (N-methyl/N-ethyl adjacent to an activating group) is 1. The summed E-state index contributed by atoms with van der Waals surface area (Å²) >= 11 is 0. The van der Waals surface area contributed by atoms with Crippen molar-refractivity contribution in [1.29, 1.82) is 0 Å². The Hall–Kier alpha value is -2.44. The van der Waals surface area contributed by atoms with Gasteiger partial charge < -0.3 is 14.4 Å². The molecule has 0 radical (unpaired) electrons. The Bertz CT molecular complexity index is 632. The Morgan fingerprint density at radius 3 is 2.50 bits per heavy atom. The van der Waals surface area contributed by atoms with Crippen LogP contribution in [0.25, 0.3) is 0 Å². The van der Waals surface area contributed by atoms with Gasteiger partial charge in [0.1, 0.15) is 6.11 Å². The molecule has 2 aromatic rings. The van der Waals surface area contributed by atoms with Crippen molar-refractivity contribution in [3.05, 3.63) is 59.7 Å². The predicted molar refractivity (Wildman–Crippen MR) is 88.9 cm³/mol. The second-order valence-corrected chi connectivity index (χ2v) is 5.18. The molecule has 0 bridgehead atoms. The molecule has 0 heterocycles. The zero-order valence-electron chi connectivity index (χ0n) is 13.1. The summed E-state index contributed by atoms with van der Waals surface area (Å²) in [5, 5.41) is 0. The maximum Gasteiger partial charge on any atom is 0.182 e. The lowest BCUT2D eigenvalue weighted by molar-refractivity contribution is 0.329. The number of hydrogen-bond donors (Lipinski definition) is 0. The van der Waals surface area contributed by atoms with Gasteiger partial charge in [0.15, 0.2) is 11.5 Å². The van der Waals surface area contributed by atoms with E-state index in [4.69, 9.17) is 15.9 Å². The molecule has 0 unspecified atom stereocenters. The van der Waals surface area contributed by atoms with Crippen LogP contribution in [0.15, 0.2) is 48.5 Å². The third-order valence-electron chi connectivity index (χ3n) is 3.47. The Morgan fingerprint density at radius 2 is 1.82 bits per heavy atom. The highest BCUT2D eigenvalue weighted by molar-refractivity contribution is 5.43. The summed E-state index contributed by atoms with van der Waals surface area (Å²) in [5.41, 5.74) is 2.49. The summed E-state index contributed by atoms with van der Waals surface area (Å²) in [5.74, 6) is 1.23. The van der Waals surface area contributed by atoms with E-state index < -0.39 is 0 Å². The van der Waals surface area contributed by atoms with E-state index in [0.29, 0.717) is 11.5 Å². The number of rotatable bonds is 7. The van der Waals surface area contributed by atoms with Crippen molar-refractivity contribution in [2.24, 2.45) is 0 Å². The van der Waals surface area contributed by atoms with Crippen molar-refractivity contribution >= 4 is 0 Å². The first-order valence-electron chi connectivity index (χ1n) is 7.24. The first kappa shape index (κ1) is 15.9. The van der Waals surface area contributed by atoms with E-state index in [1.807, 2.05) is 24.3 Å². The van der Waals surface area contributed by atoms with E-state index in [9.17, 15) is 0 Å². The van der Waals surface area contributed by atoms with Crippen molar-refractivity contribution in [2.75, 3.05) is 20.7 Å². The van der Waals surface area contributed by atoms with Crippen LogP contribution in [0.4, 0.5) is 0 Å². The zero-order chi connectivity index (χ0) is 15.8. The molecule has 0 amide bonds.